The third-order valence-electron chi connectivity index (χ3n) is 5.71. The number of carbonyl (C=O) groups is 1. The predicted molar refractivity (Wildman–Crippen MR) is 116 cm³/mol. The molecule has 2 aliphatic heterocycles. The third-order valence-corrected chi connectivity index (χ3v) is 5.88. The van der Waals surface area contributed by atoms with Crippen LogP contribution in [-0.2, 0) is 9.47 Å². The Morgan fingerprint density at radius 3 is 2.57 bits per heavy atom. The fourth-order valence-electron chi connectivity index (χ4n) is 3.98. The highest BCUT2D eigenvalue weighted by molar-refractivity contribution is 6.28. The molecular weight excluding hydrogens is 406 g/mol. The Bertz CT molecular complexity index is 920. The van der Waals surface area contributed by atoms with Gasteiger partial charge in [-0.1, -0.05) is 0 Å². The van der Waals surface area contributed by atoms with Crippen molar-refractivity contribution in [2.24, 2.45) is 0 Å². The number of carbonyl (C=O) groups excluding carboxylic acids is 1. The summed E-state index contributed by atoms with van der Waals surface area (Å²) in [5.74, 6) is -0.177. The van der Waals surface area contributed by atoms with E-state index in [9.17, 15) is 4.79 Å². The first-order valence-electron chi connectivity index (χ1n) is 10.0. The van der Waals surface area contributed by atoms with E-state index in [1.807, 2.05) is 12.1 Å². The van der Waals surface area contributed by atoms with Gasteiger partial charge in [0.2, 0.25) is 5.28 Å². The van der Waals surface area contributed by atoms with Gasteiger partial charge in [0.15, 0.2) is 0 Å². The molecule has 1 aromatic carbocycles. The van der Waals surface area contributed by atoms with Crippen molar-refractivity contribution in [1.82, 2.24) is 14.9 Å². The maximum atomic E-state index is 12.1. The number of nitrogens with zero attached hydrogens (tertiary/aromatic N) is 4. The second kappa shape index (κ2) is 8.75. The van der Waals surface area contributed by atoms with Crippen LogP contribution in [0.3, 0.4) is 0 Å². The van der Waals surface area contributed by atoms with Crippen LogP contribution < -0.4 is 10.2 Å². The Kier molecular flexibility index (Phi) is 6.08. The van der Waals surface area contributed by atoms with Crippen molar-refractivity contribution in [3.05, 3.63) is 40.8 Å². The summed E-state index contributed by atoms with van der Waals surface area (Å²) in [6.45, 7) is 8.73. The van der Waals surface area contributed by atoms with Crippen molar-refractivity contribution in [3.63, 3.8) is 0 Å². The number of aromatic nitrogens is 2. The Hall–Kier alpha value is -2.42. The molecule has 8 nitrogen and oxygen atoms in total. The summed E-state index contributed by atoms with van der Waals surface area (Å²) in [6.07, 6.45) is 0. The number of hydrogen-bond acceptors (Lipinski definition) is 8. The number of aryl methyl sites for hydroxylation is 1. The second-order valence-corrected chi connectivity index (χ2v) is 8.03. The largest absolute Gasteiger partial charge is 0.465 e. The maximum absolute atomic E-state index is 12.1. The predicted octanol–water partition coefficient (Wildman–Crippen LogP) is 2.88. The van der Waals surface area contributed by atoms with Gasteiger partial charge in [-0.2, -0.15) is 4.98 Å². The number of rotatable bonds is 5. The number of ether oxygens (including phenoxy) is 2. The monoisotopic (exact) mass is 431 g/mol. The Morgan fingerprint density at radius 2 is 1.97 bits per heavy atom. The van der Waals surface area contributed by atoms with E-state index in [2.05, 4.69) is 44.1 Å². The van der Waals surface area contributed by atoms with Crippen LogP contribution >= 0.6 is 11.6 Å². The lowest BCUT2D eigenvalue weighted by atomic mass is 10.1. The number of esters is 1. The highest BCUT2D eigenvalue weighted by Gasteiger charge is 2.32. The molecule has 9 heteroatoms. The van der Waals surface area contributed by atoms with Gasteiger partial charge in [-0.25, -0.2) is 9.78 Å². The van der Waals surface area contributed by atoms with Gasteiger partial charge >= 0.3 is 5.97 Å². The van der Waals surface area contributed by atoms with E-state index < -0.39 is 5.97 Å². The minimum atomic E-state index is -0.508. The smallest absolute Gasteiger partial charge is 0.343 e. The van der Waals surface area contributed by atoms with Crippen LogP contribution in [0.2, 0.25) is 5.28 Å². The third kappa shape index (κ3) is 4.21. The van der Waals surface area contributed by atoms with Gasteiger partial charge < -0.3 is 19.7 Å². The van der Waals surface area contributed by atoms with Crippen molar-refractivity contribution in [2.45, 2.75) is 25.9 Å². The highest BCUT2D eigenvalue weighted by atomic mass is 35.5. The second-order valence-electron chi connectivity index (χ2n) is 7.69. The topological polar surface area (TPSA) is 79.8 Å². The number of nitrogens with one attached hydrogen (secondary N) is 1. The lowest BCUT2D eigenvalue weighted by Crippen LogP contribution is -2.59. The van der Waals surface area contributed by atoms with Crippen molar-refractivity contribution in [2.75, 3.05) is 50.2 Å². The van der Waals surface area contributed by atoms with E-state index in [-0.39, 0.29) is 10.8 Å². The molecule has 0 unspecified atom stereocenters. The van der Waals surface area contributed by atoms with Crippen molar-refractivity contribution in [3.8, 4) is 0 Å². The van der Waals surface area contributed by atoms with Crippen LogP contribution in [0.5, 0.6) is 0 Å². The van der Waals surface area contributed by atoms with Crippen LogP contribution in [-0.4, -0.2) is 72.9 Å². The fourth-order valence-corrected chi connectivity index (χ4v) is 4.20. The average Bonchev–Trinajstić information content (AvgIpc) is 2.67. The highest BCUT2D eigenvalue weighted by Crippen LogP contribution is 2.27. The van der Waals surface area contributed by atoms with E-state index in [0.717, 1.165) is 38.5 Å². The zero-order chi connectivity index (χ0) is 21.3. The molecule has 1 atom stereocenters. The Labute approximate surface area is 181 Å². The minimum absolute atomic E-state index is 0.0721. The average molecular weight is 432 g/mol. The molecule has 30 heavy (non-hydrogen) atoms. The number of piperazine rings is 1. The Morgan fingerprint density at radius 1 is 1.23 bits per heavy atom. The van der Waals surface area contributed by atoms with E-state index >= 15 is 0 Å². The molecular formula is C21H26ClN5O3. The summed E-state index contributed by atoms with van der Waals surface area (Å²) in [5.41, 5.74) is 2.71. The van der Waals surface area contributed by atoms with Crippen molar-refractivity contribution in [1.29, 1.82) is 0 Å². The molecule has 2 fully saturated rings. The van der Waals surface area contributed by atoms with Gasteiger partial charge in [0, 0.05) is 37.1 Å². The zero-order valence-corrected chi connectivity index (χ0v) is 18.1. The fraction of sp³-hybridized carbons (Fsp3) is 0.476. The number of methoxy groups -OCH3 is 1. The molecule has 2 aromatic rings. The number of halogens is 1. The molecule has 0 radical (unpaired) electrons. The normalized spacial score (nSPS) is 20.0. The van der Waals surface area contributed by atoms with Crippen molar-refractivity contribution < 1.29 is 14.3 Å². The first-order chi connectivity index (χ1) is 14.5. The van der Waals surface area contributed by atoms with E-state index in [0.29, 0.717) is 23.6 Å². The van der Waals surface area contributed by atoms with E-state index in [1.54, 1.807) is 6.92 Å². The molecule has 0 amide bonds. The molecule has 0 spiro atoms. The van der Waals surface area contributed by atoms with Crippen LogP contribution in [0, 0.1) is 6.92 Å². The van der Waals surface area contributed by atoms with Gasteiger partial charge in [-0.15, -0.1) is 0 Å². The summed E-state index contributed by atoms with van der Waals surface area (Å²) < 4.78 is 10.2. The molecule has 0 bridgehead atoms. The van der Waals surface area contributed by atoms with E-state index in [1.165, 1.54) is 12.8 Å². The van der Waals surface area contributed by atoms with Gasteiger partial charge in [-0.3, -0.25) is 4.90 Å². The molecule has 2 saturated heterocycles. The molecule has 4 rings (SSSR count). The molecule has 3 heterocycles. The van der Waals surface area contributed by atoms with Gasteiger partial charge in [0.1, 0.15) is 11.4 Å². The maximum Gasteiger partial charge on any atom is 0.343 e. The lowest BCUT2D eigenvalue weighted by molar-refractivity contribution is -0.0691. The minimum Gasteiger partial charge on any atom is -0.465 e. The summed E-state index contributed by atoms with van der Waals surface area (Å²) in [7, 11) is 1.33. The van der Waals surface area contributed by atoms with Crippen LogP contribution in [0.1, 0.15) is 23.0 Å². The number of hydrogen-bond donors (Lipinski definition) is 1. The summed E-state index contributed by atoms with van der Waals surface area (Å²) in [5, 5.41) is 3.24. The van der Waals surface area contributed by atoms with Crippen LogP contribution in [0.15, 0.2) is 24.3 Å². The lowest BCUT2D eigenvalue weighted by Gasteiger charge is -2.46. The number of benzene rings is 1. The first-order valence-corrected chi connectivity index (χ1v) is 10.4. The standard InChI is InChI=1S/C21H26ClN5O3/c1-13-10-26(17-11-30-12-17)8-9-27(13)16-6-4-15(5-7-16)24-19-18(20(28)29-3)14(2)23-21(22)25-19/h4-7,13,17H,8-12H2,1-3H3,(H,23,24,25)/t13-/m0/s1. The SMILES string of the molecule is COC(=O)c1c(C)nc(Cl)nc1Nc1ccc(N2CCN(C3COC3)C[C@@H]2C)cc1. The van der Waals surface area contributed by atoms with Gasteiger partial charge in [0.25, 0.3) is 0 Å². The molecule has 1 aromatic heterocycles. The van der Waals surface area contributed by atoms with Gasteiger partial charge in [0.05, 0.1) is 32.1 Å². The summed E-state index contributed by atoms with van der Waals surface area (Å²) in [6, 6.07) is 9.10. The molecule has 160 valence electrons. The molecule has 0 aliphatic carbocycles. The zero-order valence-electron chi connectivity index (χ0n) is 17.4. The summed E-state index contributed by atoms with van der Waals surface area (Å²) in [4.78, 5) is 25.3. The van der Waals surface area contributed by atoms with E-state index in [4.69, 9.17) is 21.1 Å². The molecule has 2 aliphatic rings. The van der Waals surface area contributed by atoms with Crippen LogP contribution in [0.25, 0.3) is 0 Å². The molecule has 0 saturated carbocycles. The first kappa shape index (κ1) is 20.8. The van der Waals surface area contributed by atoms with Crippen molar-refractivity contribution >= 4 is 34.8 Å². The Balaban J connectivity index is 1.48. The molecule has 1 N–H and O–H groups in total. The summed E-state index contributed by atoms with van der Waals surface area (Å²) >= 11 is 5.99. The quantitative estimate of drug-likeness (QED) is 0.571. The van der Waals surface area contributed by atoms with Crippen LogP contribution in [0.4, 0.5) is 17.2 Å². The number of anilines is 3. The van der Waals surface area contributed by atoms with Gasteiger partial charge in [-0.05, 0) is 49.7 Å².